The fourth-order valence-corrected chi connectivity index (χ4v) is 16.1. The predicted octanol–water partition coefficient (Wildman–Crippen LogP) is 8.16. The summed E-state index contributed by atoms with van der Waals surface area (Å²) < 4.78 is 4.94. The Morgan fingerprint density at radius 1 is 0.733 bits per heavy atom. The van der Waals surface area contributed by atoms with Crippen LogP contribution in [0.15, 0.2) is 0 Å². The molecule has 2 fully saturated rings. The zero-order chi connectivity index (χ0) is 22.8. The van der Waals surface area contributed by atoms with Crippen molar-refractivity contribution in [3.63, 3.8) is 0 Å². The van der Waals surface area contributed by atoms with E-state index in [-0.39, 0.29) is 28.4 Å². The molecule has 0 N–H and O–H groups in total. The predicted molar refractivity (Wildman–Crippen MR) is 136 cm³/mol. The molecule has 6 heteroatoms. The van der Waals surface area contributed by atoms with Crippen molar-refractivity contribution in [2.75, 3.05) is 13.2 Å². The maximum absolute atomic E-state index is 5.35. The van der Waals surface area contributed by atoms with Gasteiger partial charge in [-0.2, -0.15) is 18.0 Å². The van der Waals surface area contributed by atoms with E-state index in [1.54, 1.807) is 5.92 Å². The van der Waals surface area contributed by atoms with E-state index in [0.717, 1.165) is 25.0 Å². The quantitative estimate of drug-likeness (QED) is 0.289. The standard InChI is InChI=1S/C20H43N2Si2.C4H8O.Cr/c1-14-15(2)18(24(12,13)22-20(7,8)9)16(3)17(14)23(10,11)21-19(4,5)6;1-2-4-5-3-1;/h14-15,17-18H,1-13H3;1-4H2;/q-3;;+3. The third kappa shape index (κ3) is 9.00. The average Bonchev–Trinajstić information content (AvgIpc) is 3.05. The maximum Gasteiger partial charge on any atom is 3.00 e. The van der Waals surface area contributed by atoms with Gasteiger partial charge in [-0.25, -0.2) is 0 Å². The first kappa shape index (κ1) is 30.8. The van der Waals surface area contributed by atoms with Crippen LogP contribution in [0.1, 0.15) is 75.2 Å². The van der Waals surface area contributed by atoms with E-state index >= 15 is 0 Å². The normalized spacial score (nSPS) is 28.7. The Balaban J connectivity index is 0.00000122. The van der Waals surface area contributed by atoms with Crippen molar-refractivity contribution in [3.05, 3.63) is 15.9 Å². The third-order valence-electron chi connectivity index (χ3n) is 6.46. The first-order chi connectivity index (χ1) is 12.9. The van der Waals surface area contributed by atoms with Crippen LogP contribution in [-0.2, 0) is 22.1 Å². The summed E-state index contributed by atoms with van der Waals surface area (Å²) in [5, 5.41) is 0. The fraction of sp³-hybridized carbons (Fsp3) is 0.958. The SMILES string of the molecule is C1CCOC1.C[C-]1C([Si](C)(C)[N-]C(C)(C)C)C(C)C(C)C1[Si](C)(C)[N-]C(C)(C)C.[Cr+3]. The van der Waals surface area contributed by atoms with Crippen molar-refractivity contribution in [1.29, 1.82) is 0 Å². The van der Waals surface area contributed by atoms with Gasteiger partial charge in [-0.05, 0) is 12.8 Å². The van der Waals surface area contributed by atoms with Crippen LogP contribution in [0, 0.1) is 17.8 Å². The Labute approximate surface area is 202 Å². The fourth-order valence-electron chi connectivity index (χ4n) is 6.41. The molecule has 2 rings (SSSR count). The topological polar surface area (TPSA) is 37.4 Å². The zero-order valence-corrected chi connectivity index (χ0v) is 25.6. The number of rotatable bonds is 4. The molecular formula is C24H51CrN2OSi2. The van der Waals surface area contributed by atoms with Crippen LogP contribution < -0.4 is 0 Å². The van der Waals surface area contributed by atoms with E-state index in [9.17, 15) is 0 Å². The molecule has 4 atom stereocenters. The van der Waals surface area contributed by atoms with Crippen LogP contribution in [0.5, 0.6) is 0 Å². The average molecular weight is 492 g/mol. The van der Waals surface area contributed by atoms with Crippen molar-refractivity contribution in [1.82, 2.24) is 0 Å². The van der Waals surface area contributed by atoms with Gasteiger partial charge in [-0.15, -0.1) is 11.1 Å². The van der Waals surface area contributed by atoms with Crippen LogP contribution in [0.3, 0.4) is 0 Å². The van der Waals surface area contributed by atoms with E-state index in [1.807, 2.05) is 0 Å². The molecule has 0 bridgehead atoms. The number of nitrogens with zero attached hydrogens (tertiary/aromatic N) is 2. The summed E-state index contributed by atoms with van der Waals surface area (Å²) in [6.07, 6.45) is 2.56. The Bertz CT molecular complexity index is 463. The largest absolute Gasteiger partial charge is 3.00 e. The van der Waals surface area contributed by atoms with Gasteiger partial charge in [0, 0.05) is 13.2 Å². The van der Waals surface area contributed by atoms with E-state index < -0.39 is 16.5 Å². The molecule has 3 nitrogen and oxygen atoms in total. The zero-order valence-electron chi connectivity index (χ0n) is 22.3. The van der Waals surface area contributed by atoms with Crippen molar-refractivity contribution in [3.8, 4) is 0 Å². The molecule has 1 aliphatic carbocycles. The number of hydrogen-bond acceptors (Lipinski definition) is 1. The van der Waals surface area contributed by atoms with Gasteiger partial charge in [0.2, 0.25) is 0 Å². The van der Waals surface area contributed by atoms with Gasteiger partial charge < -0.3 is 20.6 Å². The van der Waals surface area contributed by atoms with Gasteiger partial charge in [-0.1, -0.05) is 110 Å². The van der Waals surface area contributed by atoms with Crippen LogP contribution in [0.2, 0.25) is 37.3 Å². The molecule has 1 saturated carbocycles. The van der Waals surface area contributed by atoms with Crippen molar-refractivity contribution in [2.24, 2.45) is 11.8 Å². The van der Waals surface area contributed by atoms with E-state index in [1.165, 1.54) is 12.8 Å². The van der Waals surface area contributed by atoms with Gasteiger partial charge in [0.15, 0.2) is 0 Å². The summed E-state index contributed by atoms with van der Waals surface area (Å²) in [5.74, 6) is 3.18. The Morgan fingerprint density at radius 2 is 1.03 bits per heavy atom. The van der Waals surface area contributed by atoms with Crippen molar-refractivity contribution >= 4 is 16.5 Å². The molecule has 177 valence electrons. The van der Waals surface area contributed by atoms with Crippen molar-refractivity contribution < 1.29 is 22.1 Å². The van der Waals surface area contributed by atoms with Gasteiger partial charge in [-0.3, -0.25) is 0 Å². The summed E-state index contributed by atoms with van der Waals surface area (Å²) in [7, 11) is -3.37. The van der Waals surface area contributed by atoms with E-state index in [2.05, 4.69) is 88.5 Å². The molecule has 1 radical (unpaired) electrons. The molecular weight excluding hydrogens is 440 g/mol. The summed E-state index contributed by atoms with van der Waals surface area (Å²) in [6.45, 7) is 32.8. The first-order valence-electron chi connectivity index (χ1n) is 11.8. The second-order valence-electron chi connectivity index (χ2n) is 12.6. The molecule has 2 aliphatic rings. The Kier molecular flexibility index (Phi) is 11.6. The molecule has 4 unspecified atom stereocenters. The van der Waals surface area contributed by atoms with Gasteiger partial charge >= 0.3 is 17.4 Å². The molecule has 1 aliphatic heterocycles. The molecule has 1 heterocycles. The molecule has 0 spiro atoms. The molecule has 30 heavy (non-hydrogen) atoms. The summed E-state index contributed by atoms with van der Waals surface area (Å²) in [6, 6.07) is 0. The first-order valence-corrected chi connectivity index (χ1v) is 17.8. The van der Waals surface area contributed by atoms with Crippen LogP contribution in [0.4, 0.5) is 0 Å². The van der Waals surface area contributed by atoms with E-state index in [4.69, 9.17) is 14.7 Å². The second-order valence-corrected chi connectivity index (χ2v) is 20.9. The summed E-state index contributed by atoms with van der Waals surface area (Å²) in [4.78, 5) is 10.7. The van der Waals surface area contributed by atoms with Crippen LogP contribution >= 0.6 is 0 Å². The minimum absolute atomic E-state index is 0. The third-order valence-corrected chi connectivity index (χ3v) is 14.0. The molecule has 0 aromatic rings. The molecule has 0 aromatic heterocycles. The van der Waals surface area contributed by atoms with Crippen LogP contribution in [-0.4, -0.2) is 40.8 Å². The van der Waals surface area contributed by atoms with Crippen LogP contribution in [0.25, 0.3) is 9.96 Å². The van der Waals surface area contributed by atoms with E-state index in [0.29, 0.717) is 11.1 Å². The maximum atomic E-state index is 5.35. The second kappa shape index (κ2) is 11.3. The number of ether oxygens (including phenoxy) is 1. The minimum atomic E-state index is -1.68. The molecule has 0 amide bonds. The van der Waals surface area contributed by atoms with Gasteiger partial charge in [0.1, 0.15) is 0 Å². The monoisotopic (exact) mass is 491 g/mol. The minimum Gasteiger partial charge on any atom is -0.661 e. The number of hydrogen-bond donors (Lipinski definition) is 0. The summed E-state index contributed by atoms with van der Waals surface area (Å²) >= 11 is 0. The van der Waals surface area contributed by atoms with Gasteiger partial charge in [0.05, 0.1) is 0 Å². The molecule has 0 aromatic carbocycles. The molecule has 1 saturated heterocycles. The van der Waals surface area contributed by atoms with Crippen molar-refractivity contribution in [2.45, 2.75) is 124 Å². The summed E-state index contributed by atoms with van der Waals surface area (Å²) in [5.41, 5.74) is 1.52. The van der Waals surface area contributed by atoms with Gasteiger partial charge in [0.25, 0.3) is 0 Å². The Hall–Kier alpha value is 0.846. The Morgan fingerprint density at radius 3 is 1.23 bits per heavy atom. The smallest absolute Gasteiger partial charge is 0.661 e.